The van der Waals surface area contributed by atoms with E-state index in [1.165, 1.54) is 0 Å². The van der Waals surface area contributed by atoms with Gasteiger partial charge in [0.2, 0.25) is 5.91 Å². The molecule has 5 nitrogen and oxygen atoms in total. The van der Waals surface area contributed by atoms with Gasteiger partial charge in [-0.25, -0.2) is 0 Å². The second-order valence-corrected chi connectivity index (χ2v) is 4.51. The van der Waals surface area contributed by atoms with Gasteiger partial charge in [-0.2, -0.15) is 0 Å². The molecular formula is C13H16N2O3. The zero-order valence-corrected chi connectivity index (χ0v) is 10.1. The molecule has 2 unspecified atom stereocenters. The second kappa shape index (κ2) is 5.18. The Morgan fingerprint density at radius 1 is 1.39 bits per heavy atom. The van der Waals surface area contributed by atoms with Crippen LogP contribution in [0.4, 0.5) is 5.69 Å². The fourth-order valence-corrected chi connectivity index (χ4v) is 1.96. The topological polar surface area (TPSA) is 78.4 Å². The zero-order valence-electron chi connectivity index (χ0n) is 10.1. The quantitative estimate of drug-likeness (QED) is 0.728. The first-order valence-electron chi connectivity index (χ1n) is 5.89. The van der Waals surface area contributed by atoms with Gasteiger partial charge in [0, 0.05) is 12.2 Å². The first kappa shape index (κ1) is 12.6. The maximum absolute atomic E-state index is 11.8. The van der Waals surface area contributed by atoms with Gasteiger partial charge in [0.1, 0.15) is 0 Å². The van der Waals surface area contributed by atoms with Crippen molar-refractivity contribution in [2.45, 2.75) is 13.0 Å². The summed E-state index contributed by atoms with van der Waals surface area (Å²) in [5.41, 5.74) is 1.78. The molecular weight excluding hydrogens is 232 g/mol. The van der Waals surface area contributed by atoms with E-state index in [0.717, 1.165) is 12.1 Å². The maximum Gasteiger partial charge on any atom is 0.307 e. The lowest BCUT2D eigenvalue weighted by molar-refractivity contribution is -0.139. The van der Waals surface area contributed by atoms with Gasteiger partial charge in [0.15, 0.2) is 0 Å². The number of hydrogen-bond acceptors (Lipinski definition) is 3. The van der Waals surface area contributed by atoms with E-state index in [1.807, 2.05) is 25.2 Å². The lowest BCUT2D eigenvalue weighted by Crippen LogP contribution is -2.17. The van der Waals surface area contributed by atoms with Crippen LogP contribution in [0, 0.1) is 11.8 Å². The molecule has 18 heavy (non-hydrogen) atoms. The normalized spacial score (nSPS) is 21.4. The van der Waals surface area contributed by atoms with Crippen molar-refractivity contribution in [2.75, 3.05) is 12.4 Å². The van der Waals surface area contributed by atoms with Crippen molar-refractivity contribution in [3.63, 3.8) is 0 Å². The Hall–Kier alpha value is -1.88. The Morgan fingerprint density at radius 2 is 2.17 bits per heavy atom. The van der Waals surface area contributed by atoms with Gasteiger partial charge < -0.3 is 15.7 Å². The number of carboxylic acids is 1. The Labute approximate surface area is 105 Å². The SMILES string of the molecule is CNCc1cccc(NC(=O)C2CC2C(=O)O)c1. The van der Waals surface area contributed by atoms with Crippen LogP contribution in [0.5, 0.6) is 0 Å². The van der Waals surface area contributed by atoms with Crippen LogP contribution in [0.3, 0.4) is 0 Å². The molecule has 3 N–H and O–H groups in total. The van der Waals surface area contributed by atoms with Gasteiger partial charge >= 0.3 is 5.97 Å². The summed E-state index contributed by atoms with van der Waals surface area (Å²) in [6, 6.07) is 7.51. The fraction of sp³-hybridized carbons (Fsp3) is 0.385. The van der Waals surface area contributed by atoms with Crippen molar-refractivity contribution in [1.82, 2.24) is 5.32 Å². The van der Waals surface area contributed by atoms with Gasteiger partial charge in [0.25, 0.3) is 0 Å². The molecule has 2 rings (SSSR count). The molecule has 1 saturated carbocycles. The summed E-state index contributed by atoms with van der Waals surface area (Å²) in [7, 11) is 1.85. The van der Waals surface area contributed by atoms with E-state index >= 15 is 0 Å². The third-order valence-electron chi connectivity index (χ3n) is 3.02. The van der Waals surface area contributed by atoms with E-state index < -0.39 is 11.9 Å². The number of carbonyl (C=O) groups excluding carboxylic acids is 1. The number of carboxylic acid groups (broad SMARTS) is 1. The van der Waals surface area contributed by atoms with E-state index in [1.54, 1.807) is 6.07 Å². The number of amides is 1. The molecule has 2 atom stereocenters. The van der Waals surface area contributed by atoms with Gasteiger partial charge in [0.05, 0.1) is 11.8 Å². The molecule has 1 aromatic rings. The molecule has 96 valence electrons. The minimum absolute atomic E-state index is 0.205. The van der Waals surface area contributed by atoms with Gasteiger partial charge in [-0.3, -0.25) is 9.59 Å². The molecule has 0 radical (unpaired) electrons. The highest BCUT2D eigenvalue weighted by Crippen LogP contribution is 2.39. The Morgan fingerprint density at radius 3 is 2.78 bits per heavy atom. The van der Waals surface area contributed by atoms with Crippen LogP contribution < -0.4 is 10.6 Å². The van der Waals surface area contributed by atoms with Crippen molar-refractivity contribution < 1.29 is 14.7 Å². The molecule has 1 fully saturated rings. The standard InChI is InChI=1S/C13H16N2O3/c1-14-7-8-3-2-4-9(5-8)15-12(16)10-6-11(10)13(17)18/h2-5,10-11,14H,6-7H2,1H3,(H,15,16)(H,17,18). The van der Waals surface area contributed by atoms with E-state index in [4.69, 9.17) is 5.11 Å². The van der Waals surface area contributed by atoms with Gasteiger partial charge in [-0.1, -0.05) is 12.1 Å². The molecule has 1 aliphatic carbocycles. The Bertz CT molecular complexity index is 473. The minimum atomic E-state index is -0.890. The van der Waals surface area contributed by atoms with E-state index in [-0.39, 0.29) is 11.8 Å². The highest BCUT2D eigenvalue weighted by atomic mass is 16.4. The molecule has 0 saturated heterocycles. The van der Waals surface area contributed by atoms with Crippen LogP contribution in [-0.4, -0.2) is 24.0 Å². The van der Waals surface area contributed by atoms with Crippen molar-refractivity contribution in [3.8, 4) is 0 Å². The third-order valence-corrected chi connectivity index (χ3v) is 3.02. The van der Waals surface area contributed by atoms with Crippen LogP contribution in [0.15, 0.2) is 24.3 Å². The Balaban J connectivity index is 1.95. The number of carbonyl (C=O) groups is 2. The van der Waals surface area contributed by atoms with Crippen LogP contribution in [0.1, 0.15) is 12.0 Å². The first-order chi connectivity index (χ1) is 8.61. The predicted octanol–water partition coefficient (Wildman–Crippen LogP) is 1.07. The molecule has 1 aromatic carbocycles. The monoisotopic (exact) mass is 248 g/mol. The average Bonchev–Trinajstić information content (AvgIpc) is 3.09. The zero-order chi connectivity index (χ0) is 13.1. The van der Waals surface area contributed by atoms with E-state index in [9.17, 15) is 9.59 Å². The van der Waals surface area contributed by atoms with Crippen molar-refractivity contribution in [3.05, 3.63) is 29.8 Å². The van der Waals surface area contributed by atoms with Gasteiger partial charge in [-0.15, -0.1) is 0 Å². The number of aliphatic carboxylic acids is 1. The summed E-state index contributed by atoms with van der Waals surface area (Å²) >= 11 is 0. The highest BCUT2D eigenvalue weighted by Gasteiger charge is 2.48. The van der Waals surface area contributed by atoms with Crippen molar-refractivity contribution in [1.29, 1.82) is 0 Å². The summed E-state index contributed by atoms with van der Waals surface area (Å²) in [6.45, 7) is 0.727. The summed E-state index contributed by atoms with van der Waals surface area (Å²) < 4.78 is 0. The number of benzene rings is 1. The van der Waals surface area contributed by atoms with E-state index in [2.05, 4.69) is 10.6 Å². The molecule has 0 aromatic heterocycles. The van der Waals surface area contributed by atoms with Crippen LogP contribution in [0.2, 0.25) is 0 Å². The van der Waals surface area contributed by atoms with Crippen LogP contribution >= 0.6 is 0 Å². The largest absolute Gasteiger partial charge is 0.481 e. The number of nitrogens with one attached hydrogen (secondary N) is 2. The lowest BCUT2D eigenvalue weighted by atomic mass is 10.2. The molecule has 1 aliphatic rings. The molecule has 0 aliphatic heterocycles. The summed E-state index contributed by atoms with van der Waals surface area (Å²) in [5, 5.41) is 14.6. The number of rotatable bonds is 5. The Kier molecular flexibility index (Phi) is 3.62. The lowest BCUT2D eigenvalue weighted by Gasteiger charge is -2.06. The maximum atomic E-state index is 11.8. The van der Waals surface area contributed by atoms with Crippen molar-refractivity contribution in [2.24, 2.45) is 11.8 Å². The molecule has 5 heteroatoms. The molecule has 0 spiro atoms. The van der Waals surface area contributed by atoms with Crippen molar-refractivity contribution >= 4 is 17.6 Å². The predicted molar refractivity (Wildman–Crippen MR) is 67.1 cm³/mol. The highest BCUT2D eigenvalue weighted by molar-refractivity contribution is 5.98. The first-order valence-corrected chi connectivity index (χ1v) is 5.89. The van der Waals surface area contributed by atoms with Gasteiger partial charge in [-0.05, 0) is 31.2 Å². The molecule has 1 amide bonds. The number of hydrogen-bond donors (Lipinski definition) is 3. The average molecular weight is 248 g/mol. The summed E-state index contributed by atoms with van der Waals surface area (Å²) in [5.74, 6) is -1.98. The summed E-state index contributed by atoms with van der Waals surface area (Å²) in [6.07, 6.45) is 0.442. The smallest absolute Gasteiger partial charge is 0.307 e. The fourth-order valence-electron chi connectivity index (χ4n) is 1.96. The number of anilines is 1. The van der Waals surface area contributed by atoms with Crippen LogP contribution in [-0.2, 0) is 16.1 Å². The molecule has 0 bridgehead atoms. The third kappa shape index (κ3) is 2.87. The van der Waals surface area contributed by atoms with Crippen LogP contribution in [0.25, 0.3) is 0 Å². The minimum Gasteiger partial charge on any atom is -0.481 e. The molecule has 0 heterocycles. The van der Waals surface area contributed by atoms with E-state index in [0.29, 0.717) is 12.1 Å². The summed E-state index contributed by atoms with van der Waals surface area (Å²) in [4.78, 5) is 22.4. The second-order valence-electron chi connectivity index (χ2n) is 4.51.